The number of aliphatic hydroxyl groups is 1. The lowest BCUT2D eigenvalue weighted by Crippen LogP contribution is -2.34. The molecule has 2 atom stereocenters. The molecule has 6 nitrogen and oxygen atoms in total. The van der Waals surface area contributed by atoms with Crippen LogP contribution in [0.2, 0.25) is 0 Å². The summed E-state index contributed by atoms with van der Waals surface area (Å²) < 4.78 is 1.94. The first-order valence-corrected chi connectivity index (χ1v) is 10.7. The van der Waals surface area contributed by atoms with Crippen molar-refractivity contribution in [2.45, 2.75) is 68.6 Å². The minimum atomic E-state index is -0.128. The topological polar surface area (TPSA) is 71.2 Å². The fourth-order valence-electron chi connectivity index (χ4n) is 4.24. The second-order valence-corrected chi connectivity index (χ2v) is 8.41. The van der Waals surface area contributed by atoms with Gasteiger partial charge in [0.2, 0.25) is 5.91 Å². The molecule has 1 saturated heterocycles. The van der Waals surface area contributed by atoms with Gasteiger partial charge >= 0.3 is 0 Å². The molecule has 0 bridgehead atoms. The van der Waals surface area contributed by atoms with Crippen molar-refractivity contribution in [1.82, 2.24) is 19.7 Å². The minimum absolute atomic E-state index is 0.120. The molecular weight excluding hydrogens is 360 g/mol. The van der Waals surface area contributed by atoms with Gasteiger partial charge in [0.1, 0.15) is 6.61 Å². The number of hydrogen-bond donors (Lipinski definition) is 1. The van der Waals surface area contributed by atoms with Crippen LogP contribution >= 0.6 is 11.8 Å². The van der Waals surface area contributed by atoms with E-state index in [9.17, 15) is 9.90 Å². The lowest BCUT2D eigenvalue weighted by molar-refractivity contribution is -0.129. The Labute approximate surface area is 164 Å². The van der Waals surface area contributed by atoms with Crippen LogP contribution < -0.4 is 0 Å². The maximum absolute atomic E-state index is 13.2. The zero-order valence-electron chi connectivity index (χ0n) is 15.7. The molecule has 1 aromatic heterocycles. The molecule has 2 heterocycles. The molecule has 2 unspecified atom stereocenters. The lowest BCUT2D eigenvalue weighted by atomic mass is 9.87. The number of fused-ring (bicyclic) bond motifs is 1. The highest BCUT2D eigenvalue weighted by atomic mass is 32.2. The Morgan fingerprint density at radius 2 is 2.11 bits per heavy atom. The summed E-state index contributed by atoms with van der Waals surface area (Å²) in [5, 5.41) is 18.4. The Balaban J connectivity index is 1.51. The molecule has 1 N–H and O–H groups in total. The monoisotopic (exact) mass is 386 g/mol. The van der Waals surface area contributed by atoms with Gasteiger partial charge in [-0.2, -0.15) is 0 Å². The number of carbonyl (C=O) groups is 1. The average molecular weight is 387 g/mol. The summed E-state index contributed by atoms with van der Waals surface area (Å²) >= 11 is 1.50. The van der Waals surface area contributed by atoms with Crippen LogP contribution in [-0.4, -0.2) is 42.5 Å². The van der Waals surface area contributed by atoms with E-state index < -0.39 is 0 Å². The number of rotatable bonds is 6. The van der Waals surface area contributed by atoms with Gasteiger partial charge in [0.15, 0.2) is 11.0 Å². The molecule has 27 heavy (non-hydrogen) atoms. The first kappa shape index (κ1) is 18.5. The minimum Gasteiger partial charge on any atom is -0.388 e. The summed E-state index contributed by atoms with van der Waals surface area (Å²) in [6.07, 6.45) is 5.05. The van der Waals surface area contributed by atoms with Gasteiger partial charge in [-0.25, -0.2) is 0 Å². The fraction of sp³-hybridized carbons (Fsp3) is 0.550. The number of carbonyl (C=O) groups excluding carboxylic acids is 1. The Hall–Kier alpha value is -1.86. The van der Waals surface area contributed by atoms with Gasteiger partial charge in [-0.15, -0.1) is 10.2 Å². The molecule has 1 aliphatic carbocycles. The molecule has 1 aromatic carbocycles. The van der Waals surface area contributed by atoms with Crippen LogP contribution in [-0.2, 0) is 24.4 Å². The van der Waals surface area contributed by atoms with E-state index in [2.05, 4.69) is 46.3 Å². The van der Waals surface area contributed by atoms with Crippen molar-refractivity contribution in [3.63, 3.8) is 0 Å². The van der Waals surface area contributed by atoms with Crippen LogP contribution in [0.15, 0.2) is 29.4 Å². The normalized spacial score (nSPS) is 22.3. The molecule has 0 spiro atoms. The molecule has 4 rings (SSSR count). The third kappa shape index (κ3) is 3.50. The summed E-state index contributed by atoms with van der Waals surface area (Å²) in [6.45, 7) is 3.51. The molecular formula is C20H26N4O2S. The van der Waals surface area contributed by atoms with Crippen molar-refractivity contribution in [3.8, 4) is 0 Å². The first-order chi connectivity index (χ1) is 13.2. The van der Waals surface area contributed by atoms with Crippen LogP contribution in [0.1, 0.15) is 55.6 Å². The maximum atomic E-state index is 13.2. The van der Waals surface area contributed by atoms with Crippen molar-refractivity contribution in [1.29, 1.82) is 0 Å². The first-order valence-electron chi connectivity index (χ1n) is 9.80. The van der Waals surface area contributed by atoms with Crippen LogP contribution in [0.4, 0.5) is 0 Å². The van der Waals surface area contributed by atoms with Crippen LogP contribution in [0.3, 0.4) is 0 Å². The third-order valence-corrected chi connectivity index (χ3v) is 6.77. The Kier molecular flexibility index (Phi) is 5.50. The molecule has 1 aliphatic heterocycles. The van der Waals surface area contributed by atoms with Crippen molar-refractivity contribution in [2.75, 3.05) is 6.54 Å². The fourth-order valence-corrected chi connectivity index (χ4v) is 5.37. The quantitative estimate of drug-likeness (QED) is 0.826. The molecule has 7 heteroatoms. The number of thioether (sulfide) groups is 1. The number of amides is 1. The van der Waals surface area contributed by atoms with Crippen LogP contribution in [0.5, 0.6) is 0 Å². The van der Waals surface area contributed by atoms with Gasteiger partial charge in [0.05, 0.1) is 11.3 Å². The predicted molar refractivity (Wildman–Crippen MR) is 104 cm³/mol. The lowest BCUT2D eigenvalue weighted by Gasteiger charge is -2.33. The number of likely N-dealkylation sites (tertiary alicyclic amines) is 1. The molecule has 1 amide bonds. The molecule has 2 aliphatic rings. The highest BCUT2D eigenvalue weighted by Crippen LogP contribution is 2.39. The van der Waals surface area contributed by atoms with Gasteiger partial charge < -0.3 is 14.6 Å². The molecule has 2 aromatic rings. The zero-order chi connectivity index (χ0) is 18.8. The van der Waals surface area contributed by atoms with E-state index >= 15 is 0 Å². The van der Waals surface area contributed by atoms with Crippen molar-refractivity contribution < 1.29 is 9.90 Å². The molecule has 0 radical (unpaired) electrons. The van der Waals surface area contributed by atoms with E-state index in [1.807, 2.05) is 4.57 Å². The number of aryl methyl sites for hydroxylation is 1. The maximum Gasteiger partial charge on any atom is 0.236 e. The number of aromatic nitrogens is 3. The number of hydrogen-bond acceptors (Lipinski definition) is 5. The molecule has 144 valence electrons. The van der Waals surface area contributed by atoms with E-state index in [0.29, 0.717) is 5.82 Å². The number of benzene rings is 1. The SMILES string of the molecule is CCCn1c(CO)nnc1SC1CCN(C2CCCc3ccccc32)C1=O. The van der Waals surface area contributed by atoms with Gasteiger partial charge in [0, 0.05) is 13.1 Å². The Bertz CT molecular complexity index is 822. The third-order valence-electron chi connectivity index (χ3n) is 5.53. The molecule has 1 fully saturated rings. The van der Waals surface area contributed by atoms with E-state index in [4.69, 9.17) is 0 Å². The van der Waals surface area contributed by atoms with Crippen molar-refractivity contribution in [2.24, 2.45) is 0 Å². The standard InChI is InChI=1S/C20H26N4O2S/c1-2-11-24-18(13-25)21-22-20(24)27-17-10-12-23(19(17)26)16-9-5-7-14-6-3-4-8-15(14)16/h3-4,6,8,16-17,25H,2,5,7,9-13H2,1H3. The van der Waals surface area contributed by atoms with E-state index in [0.717, 1.165) is 50.4 Å². The summed E-state index contributed by atoms with van der Waals surface area (Å²) in [5.41, 5.74) is 2.70. The smallest absolute Gasteiger partial charge is 0.236 e. The average Bonchev–Trinajstić information content (AvgIpc) is 3.25. The summed E-state index contributed by atoms with van der Waals surface area (Å²) in [7, 11) is 0. The van der Waals surface area contributed by atoms with Crippen molar-refractivity contribution in [3.05, 3.63) is 41.2 Å². The van der Waals surface area contributed by atoms with E-state index in [-0.39, 0.29) is 23.8 Å². The Morgan fingerprint density at radius 3 is 2.93 bits per heavy atom. The number of aliphatic hydroxyl groups excluding tert-OH is 1. The highest BCUT2D eigenvalue weighted by molar-refractivity contribution is 8.00. The summed E-state index contributed by atoms with van der Waals surface area (Å²) in [6, 6.07) is 8.74. The van der Waals surface area contributed by atoms with Crippen LogP contribution in [0.25, 0.3) is 0 Å². The number of nitrogens with zero attached hydrogens (tertiary/aromatic N) is 4. The van der Waals surface area contributed by atoms with Crippen molar-refractivity contribution >= 4 is 17.7 Å². The molecule has 0 saturated carbocycles. The van der Waals surface area contributed by atoms with E-state index in [1.54, 1.807) is 0 Å². The zero-order valence-corrected chi connectivity index (χ0v) is 16.5. The second kappa shape index (κ2) is 8.02. The van der Waals surface area contributed by atoms with Crippen LogP contribution in [0, 0.1) is 0 Å². The summed E-state index contributed by atoms with van der Waals surface area (Å²) in [4.78, 5) is 15.2. The van der Waals surface area contributed by atoms with Gasteiger partial charge in [-0.05, 0) is 43.2 Å². The second-order valence-electron chi connectivity index (χ2n) is 7.24. The van der Waals surface area contributed by atoms with Gasteiger partial charge in [-0.3, -0.25) is 4.79 Å². The highest BCUT2D eigenvalue weighted by Gasteiger charge is 2.39. The predicted octanol–water partition coefficient (Wildman–Crippen LogP) is 2.95. The largest absolute Gasteiger partial charge is 0.388 e. The Morgan fingerprint density at radius 1 is 1.26 bits per heavy atom. The summed E-state index contributed by atoms with van der Waals surface area (Å²) in [5.74, 6) is 0.779. The van der Waals surface area contributed by atoms with Gasteiger partial charge in [0.25, 0.3) is 0 Å². The van der Waals surface area contributed by atoms with Gasteiger partial charge in [-0.1, -0.05) is 43.0 Å². The van der Waals surface area contributed by atoms with E-state index in [1.165, 1.54) is 22.9 Å².